The fourth-order valence-corrected chi connectivity index (χ4v) is 3.88. The highest BCUT2D eigenvalue weighted by atomic mass is 127. The van der Waals surface area contributed by atoms with E-state index in [1.54, 1.807) is 0 Å². The summed E-state index contributed by atoms with van der Waals surface area (Å²) in [6, 6.07) is 0. The lowest BCUT2D eigenvalue weighted by molar-refractivity contribution is -0.118. The van der Waals surface area contributed by atoms with Crippen molar-refractivity contribution in [2.75, 3.05) is 33.2 Å². The Morgan fingerprint density at radius 1 is 1.19 bits per heavy atom. The minimum atomic E-state index is 0. The Labute approximate surface area is 143 Å². The average molecular weight is 408 g/mol. The van der Waals surface area contributed by atoms with E-state index in [2.05, 4.69) is 20.5 Å². The fourth-order valence-electron chi connectivity index (χ4n) is 3.88. The summed E-state index contributed by atoms with van der Waals surface area (Å²) in [5.74, 6) is 2.32. The van der Waals surface area contributed by atoms with Crippen molar-refractivity contribution in [1.82, 2.24) is 15.5 Å². The van der Waals surface area contributed by atoms with Gasteiger partial charge in [-0.2, -0.15) is 0 Å². The van der Waals surface area contributed by atoms with Crippen molar-refractivity contribution >= 4 is 35.8 Å². The molecular weight excluding hydrogens is 383 g/mol. The van der Waals surface area contributed by atoms with Gasteiger partial charge in [-0.25, -0.2) is 0 Å². The van der Waals surface area contributed by atoms with Crippen LogP contribution in [-0.2, 0) is 9.53 Å². The van der Waals surface area contributed by atoms with Crippen LogP contribution in [0.15, 0.2) is 4.99 Å². The van der Waals surface area contributed by atoms with E-state index >= 15 is 0 Å². The van der Waals surface area contributed by atoms with Crippen LogP contribution >= 0.6 is 24.0 Å². The van der Waals surface area contributed by atoms with E-state index in [4.69, 9.17) is 4.74 Å². The molecule has 4 unspecified atom stereocenters. The Balaban J connectivity index is 0.00000161. The number of carbonyl (C=O) groups is 1. The molecule has 0 spiro atoms. The molecule has 2 N–H and O–H groups in total. The number of rotatable bonds is 3. The minimum Gasteiger partial charge on any atom is -0.374 e. The van der Waals surface area contributed by atoms with Crippen LogP contribution in [0.3, 0.4) is 0 Å². The maximum Gasteiger partial charge on any atom is 0.216 e. The van der Waals surface area contributed by atoms with E-state index in [0.717, 1.165) is 19.0 Å². The molecule has 0 aliphatic carbocycles. The summed E-state index contributed by atoms with van der Waals surface area (Å²) in [5.41, 5.74) is 0. The molecule has 0 aromatic heterocycles. The SMILES string of the molecule is CN=C(NCCNC(C)=O)N1CC2C3CCC(O3)C2C1.I. The second kappa shape index (κ2) is 7.13. The van der Waals surface area contributed by atoms with Gasteiger partial charge in [-0.05, 0) is 12.8 Å². The molecule has 0 radical (unpaired) electrons. The van der Waals surface area contributed by atoms with Crippen molar-refractivity contribution in [2.45, 2.75) is 32.0 Å². The van der Waals surface area contributed by atoms with E-state index in [9.17, 15) is 4.79 Å². The monoisotopic (exact) mass is 408 g/mol. The summed E-state index contributed by atoms with van der Waals surface area (Å²) < 4.78 is 5.99. The zero-order chi connectivity index (χ0) is 14.1. The van der Waals surface area contributed by atoms with Gasteiger partial charge >= 0.3 is 0 Å². The molecule has 21 heavy (non-hydrogen) atoms. The highest BCUT2D eigenvalue weighted by Crippen LogP contribution is 2.47. The number of amides is 1. The van der Waals surface area contributed by atoms with Gasteiger partial charge in [-0.1, -0.05) is 0 Å². The Hall–Kier alpha value is -0.570. The van der Waals surface area contributed by atoms with Gasteiger partial charge in [0.2, 0.25) is 5.91 Å². The highest BCUT2D eigenvalue weighted by Gasteiger charge is 2.53. The number of carbonyl (C=O) groups excluding carboxylic acids is 1. The number of ether oxygens (including phenoxy) is 1. The maximum atomic E-state index is 10.8. The summed E-state index contributed by atoms with van der Waals surface area (Å²) in [5, 5.41) is 6.11. The maximum absolute atomic E-state index is 10.8. The van der Waals surface area contributed by atoms with Crippen LogP contribution in [0.1, 0.15) is 19.8 Å². The van der Waals surface area contributed by atoms with Gasteiger partial charge in [0.05, 0.1) is 12.2 Å². The molecular formula is C14H25IN4O2. The molecule has 1 amide bonds. The Bertz CT molecular complexity index is 400. The third kappa shape index (κ3) is 3.44. The predicted molar refractivity (Wildman–Crippen MR) is 91.9 cm³/mol. The van der Waals surface area contributed by atoms with Gasteiger partial charge in [0, 0.05) is 52.0 Å². The van der Waals surface area contributed by atoms with Gasteiger partial charge in [0.15, 0.2) is 5.96 Å². The van der Waals surface area contributed by atoms with Gasteiger partial charge < -0.3 is 20.3 Å². The van der Waals surface area contributed by atoms with Crippen molar-refractivity contribution in [3.63, 3.8) is 0 Å². The predicted octanol–water partition coefficient (Wildman–Crippen LogP) is 0.425. The lowest BCUT2D eigenvalue weighted by atomic mass is 9.82. The number of guanidine groups is 1. The van der Waals surface area contributed by atoms with Crippen molar-refractivity contribution < 1.29 is 9.53 Å². The molecule has 6 nitrogen and oxygen atoms in total. The first-order valence-corrected chi connectivity index (χ1v) is 7.54. The topological polar surface area (TPSA) is 66.0 Å². The number of fused-ring (bicyclic) bond motifs is 5. The second-order valence-corrected chi connectivity index (χ2v) is 5.98. The van der Waals surface area contributed by atoms with Crippen LogP contribution in [0, 0.1) is 11.8 Å². The third-order valence-electron chi connectivity index (χ3n) is 4.75. The van der Waals surface area contributed by atoms with Crippen LogP contribution in [-0.4, -0.2) is 62.2 Å². The van der Waals surface area contributed by atoms with Crippen LogP contribution in [0.4, 0.5) is 0 Å². The molecule has 7 heteroatoms. The molecule has 3 rings (SSSR count). The number of halogens is 1. The second-order valence-electron chi connectivity index (χ2n) is 5.98. The molecule has 0 saturated carbocycles. The minimum absolute atomic E-state index is 0. The van der Waals surface area contributed by atoms with E-state index in [1.807, 2.05) is 7.05 Å². The first-order chi connectivity index (χ1) is 9.69. The summed E-state index contributed by atoms with van der Waals surface area (Å²) >= 11 is 0. The summed E-state index contributed by atoms with van der Waals surface area (Å²) in [7, 11) is 1.82. The van der Waals surface area contributed by atoms with Crippen molar-refractivity contribution in [1.29, 1.82) is 0 Å². The largest absolute Gasteiger partial charge is 0.374 e. The Morgan fingerprint density at radius 2 is 1.76 bits per heavy atom. The summed E-state index contributed by atoms with van der Waals surface area (Å²) in [6.45, 7) is 4.97. The number of nitrogens with zero attached hydrogens (tertiary/aromatic N) is 2. The van der Waals surface area contributed by atoms with Gasteiger partial charge in [0.25, 0.3) is 0 Å². The van der Waals surface area contributed by atoms with Gasteiger partial charge in [-0.15, -0.1) is 24.0 Å². The smallest absolute Gasteiger partial charge is 0.216 e. The average Bonchev–Trinajstić information content (AvgIpc) is 3.10. The normalized spacial score (nSPS) is 33.6. The van der Waals surface area contributed by atoms with E-state index < -0.39 is 0 Å². The standard InChI is InChI=1S/C14H24N4O2.HI/c1-9(19)16-5-6-17-14(15-2)18-7-10-11(8-18)13-4-3-12(10)20-13;/h10-13H,3-8H2,1-2H3,(H,15,17)(H,16,19);1H. The van der Waals surface area contributed by atoms with Gasteiger partial charge in [-0.3, -0.25) is 9.79 Å². The van der Waals surface area contributed by atoms with E-state index in [0.29, 0.717) is 37.1 Å². The summed E-state index contributed by atoms with van der Waals surface area (Å²) in [4.78, 5) is 17.5. The van der Waals surface area contributed by atoms with Crippen LogP contribution < -0.4 is 10.6 Å². The molecule has 3 saturated heterocycles. The quantitative estimate of drug-likeness (QED) is 0.308. The fraction of sp³-hybridized carbons (Fsp3) is 0.857. The molecule has 2 bridgehead atoms. The van der Waals surface area contributed by atoms with Crippen LogP contribution in [0.2, 0.25) is 0 Å². The zero-order valence-electron chi connectivity index (χ0n) is 12.7. The van der Waals surface area contributed by atoms with E-state index in [-0.39, 0.29) is 29.9 Å². The number of likely N-dealkylation sites (tertiary alicyclic amines) is 1. The van der Waals surface area contributed by atoms with Crippen molar-refractivity contribution in [3.8, 4) is 0 Å². The highest BCUT2D eigenvalue weighted by molar-refractivity contribution is 14.0. The molecule has 3 aliphatic rings. The number of aliphatic imine (C=N–C) groups is 1. The summed E-state index contributed by atoms with van der Waals surface area (Å²) in [6.07, 6.45) is 3.42. The number of nitrogens with one attached hydrogen (secondary N) is 2. The number of hydrogen-bond donors (Lipinski definition) is 2. The van der Waals surface area contributed by atoms with Crippen molar-refractivity contribution in [2.24, 2.45) is 16.8 Å². The molecule has 0 aromatic carbocycles. The Kier molecular flexibility index (Phi) is 5.70. The molecule has 3 heterocycles. The lowest BCUT2D eigenvalue weighted by Gasteiger charge is -2.23. The van der Waals surface area contributed by atoms with Gasteiger partial charge in [0.1, 0.15) is 0 Å². The number of hydrogen-bond acceptors (Lipinski definition) is 3. The molecule has 3 fully saturated rings. The molecule has 4 atom stereocenters. The van der Waals surface area contributed by atoms with Crippen LogP contribution in [0.25, 0.3) is 0 Å². The molecule has 0 aromatic rings. The molecule has 120 valence electrons. The third-order valence-corrected chi connectivity index (χ3v) is 4.75. The first kappa shape index (κ1) is 16.8. The zero-order valence-corrected chi connectivity index (χ0v) is 15.0. The van der Waals surface area contributed by atoms with Crippen LogP contribution in [0.5, 0.6) is 0 Å². The molecule has 3 aliphatic heterocycles. The Morgan fingerprint density at radius 3 is 2.29 bits per heavy atom. The first-order valence-electron chi connectivity index (χ1n) is 7.54. The van der Waals surface area contributed by atoms with Crippen molar-refractivity contribution in [3.05, 3.63) is 0 Å². The lowest BCUT2D eigenvalue weighted by Crippen LogP contribution is -2.44. The van der Waals surface area contributed by atoms with E-state index in [1.165, 1.54) is 19.8 Å².